The molecule has 2 aliphatic rings. The second kappa shape index (κ2) is 8.74. The fraction of sp³-hybridized carbons (Fsp3) is 0.632. The molecular formula is C19H22Cl2F3NO4S. The Labute approximate surface area is 183 Å². The Morgan fingerprint density at radius 2 is 1.73 bits per heavy atom. The summed E-state index contributed by atoms with van der Waals surface area (Å²) < 4.78 is 64.0. The molecule has 3 atom stereocenters. The summed E-state index contributed by atoms with van der Waals surface area (Å²) in [5, 5.41) is -0.0979. The van der Waals surface area contributed by atoms with Gasteiger partial charge in [0.25, 0.3) is 0 Å². The summed E-state index contributed by atoms with van der Waals surface area (Å²) >= 11 is 12.3. The third-order valence-corrected chi connectivity index (χ3v) is 7.53. The first-order valence-electron chi connectivity index (χ1n) is 9.70. The molecule has 0 N–H and O–H groups in total. The van der Waals surface area contributed by atoms with Crippen LogP contribution in [-0.2, 0) is 21.3 Å². The average Bonchev–Trinajstić information content (AvgIpc) is 2.98. The Bertz CT molecular complexity index is 900. The molecule has 1 unspecified atom stereocenters. The highest BCUT2D eigenvalue weighted by atomic mass is 35.5. The number of rotatable bonds is 5. The molecular weight excluding hydrogens is 466 g/mol. The van der Waals surface area contributed by atoms with E-state index in [4.69, 9.17) is 23.2 Å². The predicted molar refractivity (Wildman–Crippen MR) is 107 cm³/mol. The SMILES string of the molecule is C[C@H]1CCCC[C@H]1N1CCC(Cc2c(Cl)cc(OS(=O)(=O)C(F)(F)F)cc2Cl)C1=O. The van der Waals surface area contributed by atoms with Gasteiger partial charge in [-0.05, 0) is 37.2 Å². The van der Waals surface area contributed by atoms with E-state index in [1.54, 1.807) is 0 Å². The van der Waals surface area contributed by atoms with Gasteiger partial charge in [0.15, 0.2) is 0 Å². The van der Waals surface area contributed by atoms with Crippen LogP contribution in [-0.4, -0.2) is 37.3 Å². The van der Waals surface area contributed by atoms with Gasteiger partial charge in [0.1, 0.15) is 5.75 Å². The van der Waals surface area contributed by atoms with E-state index in [9.17, 15) is 26.4 Å². The van der Waals surface area contributed by atoms with Gasteiger partial charge < -0.3 is 9.08 Å². The highest BCUT2D eigenvalue weighted by molar-refractivity contribution is 7.88. The van der Waals surface area contributed by atoms with Gasteiger partial charge >= 0.3 is 15.6 Å². The van der Waals surface area contributed by atoms with Crippen LogP contribution in [0.25, 0.3) is 0 Å². The van der Waals surface area contributed by atoms with E-state index in [0.29, 0.717) is 24.4 Å². The second-order valence-corrected chi connectivity index (χ2v) is 10.3. The molecule has 1 aromatic carbocycles. The zero-order chi connectivity index (χ0) is 22.3. The van der Waals surface area contributed by atoms with Crippen molar-refractivity contribution in [3.05, 3.63) is 27.7 Å². The molecule has 1 saturated heterocycles. The quantitative estimate of drug-likeness (QED) is 0.423. The molecule has 1 aliphatic carbocycles. The topological polar surface area (TPSA) is 63.7 Å². The number of alkyl halides is 3. The Hall–Kier alpha value is -1.19. The third-order valence-electron chi connectivity index (χ3n) is 5.87. The molecule has 0 spiro atoms. The fourth-order valence-electron chi connectivity index (χ4n) is 4.28. The summed E-state index contributed by atoms with van der Waals surface area (Å²) in [5.41, 5.74) is -5.19. The van der Waals surface area contributed by atoms with Crippen molar-refractivity contribution in [2.45, 2.75) is 57.0 Å². The third kappa shape index (κ3) is 4.83. The van der Waals surface area contributed by atoms with Crippen LogP contribution in [0.15, 0.2) is 12.1 Å². The zero-order valence-corrected chi connectivity index (χ0v) is 18.5. The number of carbonyl (C=O) groups is 1. The van der Waals surface area contributed by atoms with Crippen LogP contribution in [0, 0.1) is 11.8 Å². The van der Waals surface area contributed by atoms with Crippen molar-refractivity contribution in [3.63, 3.8) is 0 Å². The molecule has 5 nitrogen and oxygen atoms in total. The van der Waals surface area contributed by atoms with Crippen LogP contribution >= 0.6 is 23.2 Å². The van der Waals surface area contributed by atoms with Crippen molar-refractivity contribution in [1.29, 1.82) is 0 Å². The molecule has 0 aromatic heterocycles. The molecule has 1 aliphatic heterocycles. The van der Waals surface area contributed by atoms with E-state index in [1.807, 2.05) is 4.90 Å². The Morgan fingerprint density at radius 3 is 2.30 bits per heavy atom. The predicted octanol–water partition coefficient (Wildman–Crippen LogP) is 5.19. The molecule has 1 amide bonds. The first kappa shape index (κ1) is 23.5. The number of hydrogen-bond acceptors (Lipinski definition) is 4. The van der Waals surface area contributed by atoms with Gasteiger partial charge in [-0.1, -0.05) is 43.0 Å². The molecule has 0 bridgehead atoms. The minimum atomic E-state index is -5.83. The molecule has 30 heavy (non-hydrogen) atoms. The molecule has 1 aromatic rings. The first-order valence-corrected chi connectivity index (χ1v) is 11.9. The number of halogens is 5. The molecule has 2 fully saturated rings. The largest absolute Gasteiger partial charge is 0.534 e. The standard InChI is InChI=1S/C19H22Cl2F3NO4S/c1-11-4-2-3-5-17(11)25-7-6-12(18(25)26)8-14-15(20)9-13(10-16(14)21)29-30(27,28)19(22,23)24/h9-12,17H,2-8H2,1H3/t11-,12?,17+/m0/s1. The number of amides is 1. The minimum Gasteiger partial charge on any atom is -0.376 e. The lowest BCUT2D eigenvalue weighted by molar-refractivity contribution is -0.134. The second-order valence-electron chi connectivity index (χ2n) is 7.90. The minimum absolute atomic E-state index is 0.0286. The fourth-order valence-corrected chi connectivity index (χ4v) is 5.35. The molecule has 168 valence electrons. The number of hydrogen-bond donors (Lipinski definition) is 0. The number of nitrogens with zero attached hydrogens (tertiary/aromatic N) is 1. The van der Waals surface area contributed by atoms with Gasteiger partial charge in [-0.2, -0.15) is 21.6 Å². The Kier molecular flexibility index (Phi) is 6.84. The van der Waals surface area contributed by atoms with Gasteiger partial charge in [0.05, 0.1) is 0 Å². The maximum atomic E-state index is 13.0. The van der Waals surface area contributed by atoms with Crippen LogP contribution in [0.2, 0.25) is 10.0 Å². The summed E-state index contributed by atoms with van der Waals surface area (Å²) in [6.45, 7) is 2.81. The van der Waals surface area contributed by atoms with Crippen LogP contribution in [0.5, 0.6) is 5.75 Å². The van der Waals surface area contributed by atoms with Crippen molar-refractivity contribution in [1.82, 2.24) is 4.90 Å². The highest BCUT2D eigenvalue weighted by Gasteiger charge is 2.48. The van der Waals surface area contributed by atoms with E-state index < -0.39 is 21.4 Å². The molecule has 1 heterocycles. The number of likely N-dealkylation sites (tertiary alicyclic amines) is 1. The Morgan fingerprint density at radius 1 is 1.13 bits per heavy atom. The average molecular weight is 488 g/mol. The van der Waals surface area contributed by atoms with Crippen molar-refractivity contribution in [2.75, 3.05) is 6.54 Å². The van der Waals surface area contributed by atoms with Gasteiger partial charge in [0.2, 0.25) is 5.91 Å². The van der Waals surface area contributed by atoms with E-state index in [2.05, 4.69) is 11.1 Å². The molecule has 3 rings (SSSR count). The highest BCUT2D eigenvalue weighted by Crippen LogP contribution is 2.38. The van der Waals surface area contributed by atoms with Crippen LogP contribution in [0.4, 0.5) is 13.2 Å². The Balaban J connectivity index is 1.74. The normalized spacial score (nSPS) is 25.6. The lowest BCUT2D eigenvalue weighted by Crippen LogP contribution is -2.43. The lowest BCUT2D eigenvalue weighted by atomic mass is 9.85. The molecule has 1 saturated carbocycles. The summed E-state index contributed by atoms with van der Waals surface area (Å²) in [6, 6.07) is 2.16. The monoisotopic (exact) mass is 487 g/mol. The summed E-state index contributed by atoms with van der Waals surface area (Å²) in [6.07, 6.45) is 5.21. The number of carbonyl (C=O) groups excluding carboxylic acids is 1. The van der Waals surface area contributed by atoms with Gasteiger partial charge in [0, 0.05) is 40.7 Å². The smallest absolute Gasteiger partial charge is 0.376 e. The van der Waals surface area contributed by atoms with E-state index >= 15 is 0 Å². The van der Waals surface area contributed by atoms with Gasteiger partial charge in [-0.25, -0.2) is 0 Å². The van der Waals surface area contributed by atoms with Crippen molar-refractivity contribution in [2.24, 2.45) is 11.8 Å². The van der Waals surface area contributed by atoms with Crippen molar-refractivity contribution >= 4 is 39.2 Å². The maximum Gasteiger partial charge on any atom is 0.534 e. The van der Waals surface area contributed by atoms with Crippen LogP contribution in [0.1, 0.15) is 44.6 Å². The van der Waals surface area contributed by atoms with E-state index in [1.165, 1.54) is 6.42 Å². The maximum absolute atomic E-state index is 13.0. The van der Waals surface area contributed by atoms with E-state index in [-0.39, 0.29) is 34.3 Å². The molecule has 0 radical (unpaired) electrons. The number of benzene rings is 1. The summed E-state index contributed by atoms with van der Waals surface area (Å²) in [7, 11) is -5.83. The summed E-state index contributed by atoms with van der Waals surface area (Å²) in [5.74, 6) is -0.497. The lowest BCUT2D eigenvalue weighted by Gasteiger charge is -2.36. The van der Waals surface area contributed by atoms with Crippen LogP contribution in [0.3, 0.4) is 0 Å². The molecule has 11 heteroatoms. The van der Waals surface area contributed by atoms with Crippen molar-refractivity contribution in [3.8, 4) is 5.75 Å². The van der Waals surface area contributed by atoms with Crippen molar-refractivity contribution < 1.29 is 30.6 Å². The van der Waals surface area contributed by atoms with E-state index in [0.717, 1.165) is 31.4 Å². The summed E-state index contributed by atoms with van der Waals surface area (Å²) in [4.78, 5) is 14.9. The van der Waals surface area contributed by atoms with Crippen LogP contribution < -0.4 is 4.18 Å². The van der Waals surface area contributed by atoms with Gasteiger partial charge in [-0.15, -0.1) is 0 Å². The first-order chi connectivity index (χ1) is 13.9. The van der Waals surface area contributed by atoms with Gasteiger partial charge in [-0.3, -0.25) is 4.79 Å². The zero-order valence-electron chi connectivity index (χ0n) is 16.2.